The van der Waals surface area contributed by atoms with Gasteiger partial charge in [-0.2, -0.15) is 0 Å². The number of nitrogens with zero attached hydrogens (tertiary/aromatic N) is 2. The first-order valence-corrected chi connectivity index (χ1v) is 6.21. The average molecular weight is 283 g/mol. The molecule has 0 fully saturated rings. The summed E-state index contributed by atoms with van der Waals surface area (Å²) in [6.45, 7) is 2.14. The number of rotatable bonds is 4. The van der Waals surface area contributed by atoms with E-state index in [1.165, 1.54) is 16.7 Å². The Hall–Kier alpha value is -2.09. The molecule has 1 aromatic carbocycles. The molecule has 0 radical (unpaired) electrons. The minimum absolute atomic E-state index is 0.196. The zero-order chi connectivity index (χ0) is 14.0. The van der Waals surface area contributed by atoms with E-state index < -0.39 is 23.0 Å². The molecule has 19 heavy (non-hydrogen) atoms. The lowest BCUT2D eigenvalue weighted by Crippen LogP contribution is -2.16. The van der Waals surface area contributed by atoms with Gasteiger partial charge in [0.05, 0.1) is 0 Å². The van der Waals surface area contributed by atoms with Crippen molar-refractivity contribution in [3.05, 3.63) is 40.1 Å². The number of benzene rings is 1. The number of aromatic carboxylic acids is 1. The number of carbonyl (C=O) groups is 1. The summed E-state index contributed by atoms with van der Waals surface area (Å²) in [5.41, 5.74) is -0.816. The Morgan fingerprint density at radius 3 is 2.95 bits per heavy atom. The van der Waals surface area contributed by atoms with Crippen molar-refractivity contribution in [1.82, 2.24) is 14.8 Å². The molecular formula is C11H10FN3O3S. The Labute approximate surface area is 111 Å². The zero-order valence-electron chi connectivity index (χ0n) is 9.88. The lowest BCUT2D eigenvalue weighted by atomic mass is 10.2. The molecule has 0 aliphatic carbocycles. The van der Waals surface area contributed by atoms with Crippen molar-refractivity contribution in [1.29, 1.82) is 0 Å². The second-order valence-electron chi connectivity index (χ2n) is 3.58. The highest BCUT2D eigenvalue weighted by Crippen LogP contribution is 2.29. The molecule has 0 saturated heterocycles. The van der Waals surface area contributed by atoms with E-state index in [-0.39, 0.29) is 4.90 Å². The maximum Gasteiger partial charge on any atom is 0.343 e. The highest BCUT2D eigenvalue weighted by molar-refractivity contribution is 7.99. The monoisotopic (exact) mass is 283 g/mol. The SMILES string of the molecule is CCn1c(Sc2cccc(F)c2C(=O)O)n[nH]c1=O. The molecule has 1 aromatic heterocycles. The molecular weight excluding hydrogens is 273 g/mol. The number of aromatic nitrogens is 3. The summed E-state index contributed by atoms with van der Waals surface area (Å²) < 4.78 is 14.8. The van der Waals surface area contributed by atoms with Crippen molar-refractivity contribution in [2.24, 2.45) is 0 Å². The third-order valence-electron chi connectivity index (χ3n) is 2.43. The highest BCUT2D eigenvalue weighted by Gasteiger charge is 2.18. The molecule has 0 aliphatic heterocycles. The number of carboxylic acid groups (broad SMARTS) is 1. The van der Waals surface area contributed by atoms with Gasteiger partial charge in [0, 0.05) is 11.4 Å². The first-order chi connectivity index (χ1) is 9.04. The van der Waals surface area contributed by atoms with E-state index in [2.05, 4.69) is 10.2 Å². The molecule has 0 saturated carbocycles. The number of hydrogen-bond donors (Lipinski definition) is 2. The summed E-state index contributed by atoms with van der Waals surface area (Å²) in [5.74, 6) is -2.18. The Bertz CT molecular complexity index is 680. The van der Waals surface area contributed by atoms with Crippen LogP contribution in [0.15, 0.2) is 33.0 Å². The molecule has 0 atom stereocenters. The van der Waals surface area contributed by atoms with Crippen LogP contribution in [-0.2, 0) is 6.54 Å². The van der Waals surface area contributed by atoms with Gasteiger partial charge in [0.1, 0.15) is 11.4 Å². The number of halogens is 1. The van der Waals surface area contributed by atoms with Gasteiger partial charge in [0.2, 0.25) is 0 Å². The van der Waals surface area contributed by atoms with Crippen molar-refractivity contribution in [2.75, 3.05) is 0 Å². The smallest absolute Gasteiger partial charge is 0.343 e. The van der Waals surface area contributed by atoms with Crippen molar-refractivity contribution < 1.29 is 14.3 Å². The Kier molecular flexibility index (Phi) is 3.70. The number of H-pyrrole nitrogens is 1. The second-order valence-corrected chi connectivity index (χ2v) is 4.58. The first kappa shape index (κ1) is 13.3. The van der Waals surface area contributed by atoms with E-state index in [1.54, 1.807) is 6.92 Å². The number of nitrogens with one attached hydrogen (secondary N) is 1. The van der Waals surface area contributed by atoms with Gasteiger partial charge in [-0.05, 0) is 30.8 Å². The summed E-state index contributed by atoms with van der Waals surface area (Å²) in [7, 11) is 0. The molecule has 2 aromatic rings. The fourth-order valence-electron chi connectivity index (χ4n) is 1.56. The second kappa shape index (κ2) is 5.27. The topological polar surface area (TPSA) is 88.0 Å². The molecule has 2 rings (SSSR count). The molecule has 0 amide bonds. The van der Waals surface area contributed by atoms with Crippen LogP contribution >= 0.6 is 11.8 Å². The molecule has 8 heteroatoms. The van der Waals surface area contributed by atoms with Crippen LogP contribution in [-0.4, -0.2) is 25.8 Å². The standard InChI is InChI=1S/C11H10FN3O3S/c1-2-15-10(18)13-14-11(15)19-7-5-3-4-6(12)8(7)9(16)17/h3-5H,2H2,1H3,(H,13,18)(H,16,17). The quantitative estimate of drug-likeness (QED) is 0.889. The molecule has 100 valence electrons. The predicted octanol–water partition coefficient (Wildman–Crippen LogP) is 1.58. The lowest BCUT2D eigenvalue weighted by molar-refractivity contribution is 0.0688. The lowest BCUT2D eigenvalue weighted by Gasteiger charge is -2.06. The van der Waals surface area contributed by atoms with Gasteiger partial charge in [-0.25, -0.2) is 19.1 Å². The van der Waals surface area contributed by atoms with Crippen molar-refractivity contribution in [3.63, 3.8) is 0 Å². The van der Waals surface area contributed by atoms with Crippen LogP contribution in [0.1, 0.15) is 17.3 Å². The highest BCUT2D eigenvalue weighted by atomic mass is 32.2. The van der Waals surface area contributed by atoms with Crippen LogP contribution in [0.2, 0.25) is 0 Å². The van der Waals surface area contributed by atoms with Crippen LogP contribution in [0.5, 0.6) is 0 Å². The zero-order valence-corrected chi connectivity index (χ0v) is 10.7. The maximum absolute atomic E-state index is 13.5. The Morgan fingerprint density at radius 1 is 1.58 bits per heavy atom. The fraction of sp³-hybridized carbons (Fsp3) is 0.182. The van der Waals surface area contributed by atoms with Crippen LogP contribution < -0.4 is 5.69 Å². The molecule has 0 bridgehead atoms. The summed E-state index contributed by atoms with van der Waals surface area (Å²) >= 11 is 0.929. The van der Waals surface area contributed by atoms with Crippen molar-refractivity contribution >= 4 is 17.7 Å². The van der Waals surface area contributed by atoms with Gasteiger partial charge in [-0.15, -0.1) is 5.10 Å². The van der Waals surface area contributed by atoms with Gasteiger partial charge in [-0.3, -0.25) is 4.57 Å². The van der Waals surface area contributed by atoms with E-state index in [4.69, 9.17) is 5.11 Å². The summed E-state index contributed by atoms with van der Waals surface area (Å²) in [6, 6.07) is 3.95. The van der Waals surface area contributed by atoms with E-state index in [0.717, 1.165) is 17.8 Å². The third kappa shape index (κ3) is 2.53. The Morgan fingerprint density at radius 2 is 2.32 bits per heavy atom. The minimum atomic E-state index is -1.36. The van der Waals surface area contributed by atoms with Gasteiger partial charge in [0.15, 0.2) is 5.16 Å². The average Bonchev–Trinajstić information content (AvgIpc) is 2.69. The summed E-state index contributed by atoms with van der Waals surface area (Å²) in [5, 5.41) is 15.4. The minimum Gasteiger partial charge on any atom is -0.478 e. The number of carboxylic acids is 1. The third-order valence-corrected chi connectivity index (χ3v) is 3.48. The Balaban J connectivity index is 2.47. The van der Waals surface area contributed by atoms with Gasteiger partial charge < -0.3 is 5.11 Å². The van der Waals surface area contributed by atoms with E-state index >= 15 is 0 Å². The van der Waals surface area contributed by atoms with Crippen LogP contribution in [0, 0.1) is 5.82 Å². The summed E-state index contributed by atoms with van der Waals surface area (Å²) in [6.07, 6.45) is 0. The molecule has 6 nitrogen and oxygen atoms in total. The molecule has 0 unspecified atom stereocenters. The van der Waals surface area contributed by atoms with Gasteiger partial charge in [0.25, 0.3) is 0 Å². The van der Waals surface area contributed by atoms with Gasteiger partial charge >= 0.3 is 11.7 Å². The molecule has 2 N–H and O–H groups in total. The molecule has 0 aliphatic rings. The van der Waals surface area contributed by atoms with Crippen molar-refractivity contribution in [2.45, 2.75) is 23.5 Å². The van der Waals surface area contributed by atoms with E-state index in [0.29, 0.717) is 11.7 Å². The number of aromatic amines is 1. The van der Waals surface area contributed by atoms with Crippen LogP contribution in [0.25, 0.3) is 0 Å². The van der Waals surface area contributed by atoms with Crippen LogP contribution in [0.4, 0.5) is 4.39 Å². The van der Waals surface area contributed by atoms with Gasteiger partial charge in [-0.1, -0.05) is 6.07 Å². The van der Waals surface area contributed by atoms with E-state index in [1.807, 2.05) is 0 Å². The van der Waals surface area contributed by atoms with Crippen molar-refractivity contribution in [3.8, 4) is 0 Å². The largest absolute Gasteiger partial charge is 0.478 e. The predicted molar refractivity (Wildman–Crippen MR) is 66.0 cm³/mol. The first-order valence-electron chi connectivity index (χ1n) is 5.39. The number of hydrogen-bond acceptors (Lipinski definition) is 4. The summed E-state index contributed by atoms with van der Waals surface area (Å²) in [4.78, 5) is 22.6. The molecule has 1 heterocycles. The van der Waals surface area contributed by atoms with Crippen LogP contribution in [0.3, 0.4) is 0 Å². The van der Waals surface area contributed by atoms with E-state index in [9.17, 15) is 14.0 Å². The molecule has 0 spiro atoms. The normalized spacial score (nSPS) is 10.6. The maximum atomic E-state index is 13.5. The fourth-order valence-corrected chi connectivity index (χ4v) is 2.60.